The number of rotatable bonds is 6. The number of sulfonamides is 1. The van der Waals surface area contributed by atoms with Crippen LogP contribution in [-0.2, 0) is 16.4 Å². The Morgan fingerprint density at radius 2 is 1.64 bits per heavy atom. The third-order valence-electron chi connectivity index (χ3n) is 5.86. The van der Waals surface area contributed by atoms with Crippen LogP contribution in [-0.4, -0.2) is 56.0 Å². The highest BCUT2D eigenvalue weighted by Crippen LogP contribution is 2.27. The van der Waals surface area contributed by atoms with Gasteiger partial charge in [-0.25, -0.2) is 22.8 Å². The first-order chi connectivity index (χ1) is 15.8. The molecule has 9 heteroatoms. The van der Waals surface area contributed by atoms with Crippen LogP contribution in [0.2, 0.25) is 0 Å². The van der Waals surface area contributed by atoms with E-state index in [1.165, 1.54) is 10.4 Å². The van der Waals surface area contributed by atoms with E-state index in [-0.39, 0.29) is 10.7 Å². The van der Waals surface area contributed by atoms with Gasteiger partial charge < -0.3 is 9.64 Å². The van der Waals surface area contributed by atoms with Crippen LogP contribution >= 0.6 is 0 Å². The molecule has 3 aromatic rings. The van der Waals surface area contributed by atoms with E-state index in [0.29, 0.717) is 49.7 Å². The summed E-state index contributed by atoms with van der Waals surface area (Å²) in [6.07, 6.45) is 0.373. The van der Waals surface area contributed by atoms with E-state index in [4.69, 9.17) is 4.74 Å². The number of halogens is 1. The molecule has 1 fully saturated rings. The summed E-state index contributed by atoms with van der Waals surface area (Å²) in [6, 6.07) is 13.1. The van der Waals surface area contributed by atoms with Crippen LogP contribution in [0.3, 0.4) is 0 Å². The Morgan fingerprint density at radius 1 is 0.970 bits per heavy atom. The van der Waals surface area contributed by atoms with Crippen molar-refractivity contribution in [2.75, 3.05) is 38.2 Å². The molecule has 7 nitrogen and oxygen atoms in total. The highest BCUT2D eigenvalue weighted by atomic mass is 32.2. The number of benzene rings is 2. The SMILES string of the molecule is COc1ccc(S(=O)(=O)N2CCN(c3nc(C)nc(C)c3Cc3ccccc3F)CC2)cc1. The standard InChI is InChI=1S/C24H27FN4O3S/c1-17-22(16-19-6-4-5-7-23(19)25)24(27-18(2)26-17)28-12-14-29(15-13-28)33(30,31)21-10-8-20(32-3)9-11-21/h4-11H,12-16H2,1-3H3. The van der Waals surface area contributed by atoms with Gasteiger partial charge in [0.25, 0.3) is 0 Å². The number of anilines is 1. The fraction of sp³-hybridized carbons (Fsp3) is 0.333. The smallest absolute Gasteiger partial charge is 0.243 e. The summed E-state index contributed by atoms with van der Waals surface area (Å²) in [5, 5.41) is 0. The molecule has 2 heterocycles. The summed E-state index contributed by atoms with van der Waals surface area (Å²) in [5.41, 5.74) is 2.24. The van der Waals surface area contributed by atoms with Gasteiger partial charge in [0.1, 0.15) is 23.2 Å². The van der Waals surface area contributed by atoms with Gasteiger partial charge in [0.15, 0.2) is 0 Å². The summed E-state index contributed by atoms with van der Waals surface area (Å²) in [6.45, 7) is 5.35. The molecule has 1 aliphatic heterocycles. The molecule has 1 aliphatic rings. The molecule has 0 amide bonds. The quantitative estimate of drug-likeness (QED) is 0.550. The van der Waals surface area contributed by atoms with Gasteiger partial charge in [-0.1, -0.05) is 18.2 Å². The Hall–Kier alpha value is -3.04. The van der Waals surface area contributed by atoms with Gasteiger partial charge >= 0.3 is 0 Å². The maximum Gasteiger partial charge on any atom is 0.243 e. The van der Waals surface area contributed by atoms with Crippen LogP contribution in [0.5, 0.6) is 5.75 Å². The minimum absolute atomic E-state index is 0.241. The Bertz CT molecular complexity index is 1240. The minimum Gasteiger partial charge on any atom is -0.497 e. The normalized spacial score (nSPS) is 15.0. The van der Waals surface area contributed by atoms with E-state index in [1.54, 1.807) is 43.5 Å². The van der Waals surface area contributed by atoms with E-state index in [9.17, 15) is 12.8 Å². The maximum absolute atomic E-state index is 14.3. The first-order valence-corrected chi connectivity index (χ1v) is 12.2. The fourth-order valence-electron chi connectivity index (χ4n) is 4.06. The topological polar surface area (TPSA) is 75.6 Å². The van der Waals surface area contributed by atoms with E-state index < -0.39 is 10.0 Å². The van der Waals surface area contributed by atoms with Crippen molar-refractivity contribution in [2.45, 2.75) is 25.2 Å². The molecular formula is C24H27FN4O3S. The molecule has 0 N–H and O–H groups in total. The Morgan fingerprint density at radius 3 is 2.27 bits per heavy atom. The van der Waals surface area contributed by atoms with Crippen molar-refractivity contribution in [3.05, 3.63) is 77.0 Å². The van der Waals surface area contributed by atoms with Crippen LogP contribution in [0.4, 0.5) is 10.2 Å². The van der Waals surface area contributed by atoms with Crippen molar-refractivity contribution in [2.24, 2.45) is 0 Å². The number of aromatic nitrogens is 2. The summed E-state index contributed by atoms with van der Waals surface area (Å²) in [4.78, 5) is 11.5. The maximum atomic E-state index is 14.3. The molecular weight excluding hydrogens is 443 g/mol. The van der Waals surface area contributed by atoms with Crippen molar-refractivity contribution in [1.29, 1.82) is 0 Å². The molecule has 0 spiro atoms. The second-order valence-electron chi connectivity index (χ2n) is 7.99. The van der Waals surface area contributed by atoms with Crippen LogP contribution < -0.4 is 9.64 Å². The number of hydrogen-bond acceptors (Lipinski definition) is 6. The van der Waals surface area contributed by atoms with E-state index in [2.05, 4.69) is 14.9 Å². The van der Waals surface area contributed by atoms with Gasteiger partial charge in [-0.15, -0.1) is 0 Å². The number of hydrogen-bond donors (Lipinski definition) is 0. The van der Waals surface area contributed by atoms with Crippen molar-refractivity contribution < 1.29 is 17.5 Å². The highest BCUT2D eigenvalue weighted by molar-refractivity contribution is 7.89. The van der Waals surface area contributed by atoms with E-state index >= 15 is 0 Å². The summed E-state index contributed by atoms with van der Waals surface area (Å²) < 4.78 is 47.1. The van der Waals surface area contributed by atoms with Crippen molar-refractivity contribution in [3.63, 3.8) is 0 Å². The van der Waals surface area contributed by atoms with Gasteiger partial charge in [-0.2, -0.15) is 4.31 Å². The Kier molecular flexibility index (Phi) is 6.62. The molecule has 33 heavy (non-hydrogen) atoms. The minimum atomic E-state index is -3.60. The lowest BCUT2D eigenvalue weighted by molar-refractivity contribution is 0.383. The van der Waals surface area contributed by atoms with Crippen molar-refractivity contribution in [1.82, 2.24) is 14.3 Å². The summed E-state index contributed by atoms with van der Waals surface area (Å²) >= 11 is 0. The van der Waals surface area contributed by atoms with E-state index in [1.807, 2.05) is 19.9 Å². The molecule has 0 bridgehead atoms. The summed E-state index contributed by atoms with van der Waals surface area (Å²) in [5.74, 6) is 1.72. The van der Waals surface area contributed by atoms with Gasteiger partial charge in [-0.3, -0.25) is 0 Å². The van der Waals surface area contributed by atoms with Gasteiger partial charge in [0.2, 0.25) is 10.0 Å². The van der Waals surface area contributed by atoms with Gasteiger partial charge in [0.05, 0.1) is 12.0 Å². The Labute approximate surface area is 193 Å². The first-order valence-electron chi connectivity index (χ1n) is 10.8. The fourth-order valence-corrected chi connectivity index (χ4v) is 5.48. The number of methoxy groups -OCH3 is 1. The van der Waals surface area contributed by atoms with Crippen LogP contribution in [0.25, 0.3) is 0 Å². The third-order valence-corrected chi connectivity index (χ3v) is 7.78. The molecule has 1 aromatic heterocycles. The van der Waals surface area contributed by atoms with Gasteiger partial charge in [-0.05, 0) is 49.7 Å². The highest BCUT2D eigenvalue weighted by Gasteiger charge is 2.30. The predicted molar refractivity (Wildman–Crippen MR) is 125 cm³/mol. The second-order valence-corrected chi connectivity index (χ2v) is 9.93. The second kappa shape index (κ2) is 9.44. The molecule has 0 aliphatic carbocycles. The molecule has 4 rings (SSSR count). The lowest BCUT2D eigenvalue weighted by Crippen LogP contribution is -2.49. The zero-order valence-corrected chi connectivity index (χ0v) is 19.8. The van der Waals surface area contributed by atoms with Crippen LogP contribution in [0.15, 0.2) is 53.4 Å². The Balaban J connectivity index is 1.55. The average molecular weight is 471 g/mol. The predicted octanol–water partition coefficient (Wildman–Crippen LogP) is 3.34. The summed E-state index contributed by atoms with van der Waals surface area (Å²) in [7, 11) is -2.06. The van der Waals surface area contributed by atoms with Crippen LogP contribution in [0.1, 0.15) is 22.6 Å². The van der Waals surface area contributed by atoms with Crippen molar-refractivity contribution >= 4 is 15.8 Å². The van der Waals surface area contributed by atoms with Crippen LogP contribution in [0, 0.1) is 19.7 Å². The number of aryl methyl sites for hydroxylation is 2. The first kappa shape index (κ1) is 23.1. The molecule has 2 aromatic carbocycles. The lowest BCUT2D eigenvalue weighted by Gasteiger charge is -2.36. The third kappa shape index (κ3) is 4.84. The molecule has 1 saturated heterocycles. The largest absolute Gasteiger partial charge is 0.497 e. The molecule has 174 valence electrons. The van der Waals surface area contributed by atoms with E-state index in [0.717, 1.165) is 17.1 Å². The zero-order valence-electron chi connectivity index (χ0n) is 19.0. The number of piperazine rings is 1. The zero-order chi connectivity index (χ0) is 23.6. The molecule has 0 radical (unpaired) electrons. The van der Waals surface area contributed by atoms with Crippen molar-refractivity contribution in [3.8, 4) is 5.75 Å². The monoisotopic (exact) mass is 470 g/mol. The average Bonchev–Trinajstić information content (AvgIpc) is 2.82. The molecule has 0 saturated carbocycles. The van der Waals surface area contributed by atoms with Gasteiger partial charge in [0, 0.05) is 43.9 Å². The lowest BCUT2D eigenvalue weighted by atomic mass is 10.0. The number of nitrogens with zero attached hydrogens (tertiary/aromatic N) is 4. The molecule has 0 atom stereocenters. The number of ether oxygens (including phenoxy) is 1. The molecule has 0 unspecified atom stereocenters.